The first-order valence-electron chi connectivity index (χ1n) is 30.5. The highest BCUT2D eigenvalue weighted by Gasteiger charge is 2.22. The lowest BCUT2D eigenvalue weighted by atomic mass is 9.98. The number of thiophene rings is 1. The second-order valence-electron chi connectivity index (χ2n) is 23.6. The van der Waals surface area contributed by atoms with E-state index in [9.17, 15) is 0 Å². The fourth-order valence-electron chi connectivity index (χ4n) is 14.8. The fourth-order valence-corrected chi connectivity index (χ4v) is 15.9. The normalized spacial score (nSPS) is 12.2. The molecule has 0 bridgehead atoms. The number of para-hydroxylation sites is 6. The van der Waals surface area contributed by atoms with Crippen LogP contribution in [0.1, 0.15) is 0 Å². The molecule has 20 aromatic rings. The molecule has 0 radical (unpaired) electrons. The van der Waals surface area contributed by atoms with E-state index < -0.39 is 0 Å². The maximum absolute atomic E-state index is 6.51. The zero-order valence-electron chi connectivity index (χ0n) is 48.2. The maximum Gasteiger partial charge on any atom is 0.138 e. The van der Waals surface area contributed by atoms with Gasteiger partial charge in [0.15, 0.2) is 0 Å². The van der Waals surface area contributed by atoms with Gasteiger partial charge in [-0.1, -0.05) is 146 Å². The second-order valence-corrected chi connectivity index (χ2v) is 24.7. The van der Waals surface area contributed by atoms with Crippen molar-refractivity contribution in [1.82, 2.24) is 28.2 Å². The molecule has 8 heteroatoms. The molecule has 0 N–H and O–H groups in total. The van der Waals surface area contributed by atoms with Gasteiger partial charge in [0.05, 0.1) is 55.5 Å². The molecule has 20 rings (SSSR count). The zero-order valence-corrected chi connectivity index (χ0v) is 49.0. The van der Waals surface area contributed by atoms with Gasteiger partial charge in [0.1, 0.15) is 22.8 Å². The molecule has 0 aliphatic carbocycles. The minimum atomic E-state index is 0.845. The molecule has 418 valence electrons. The van der Waals surface area contributed by atoms with Crippen LogP contribution in [0.4, 0.5) is 0 Å². The SMILES string of the molecule is c1cc(-c2ccc3sc4ccc(-n5c6ccccc6c6cc(-c7cccc8c7c7ccccc7n8-c7cccc(-c8ccc9oc%10ccc(-n%11c%12ccccc%12c%12ccccc%12%11)cc%10c9c8)n7)ccc65)cc4c3c2)nc(-n2c3ccccc3c3ccccc32)c1. The van der Waals surface area contributed by atoms with Crippen LogP contribution in [0.25, 0.3) is 186 Å². The Bertz CT molecular complexity index is 6340. The Hall–Kier alpha value is -11.8. The summed E-state index contributed by atoms with van der Waals surface area (Å²) in [6.45, 7) is 0. The van der Waals surface area contributed by atoms with Crippen molar-refractivity contribution in [3.63, 3.8) is 0 Å². The number of benzene rings is 12. The monoisotopic (exact) mass is 1160 g/mol. The van der Waals surface area contributed by atoms with Gasteiger partial charge < -0.3 is 13.6 Å². The van der Waals surface area contributed by atoms with Crippen LogP contribution >= 0.6 is 11.3 Å². The molecule has 0 saturated heterocycles. The third kappa shape index (κ3) is 7.16. The third-order valence-corrected chi connectivity index (χ3v) is 19.9. The minimum absolute atomic E-state index is 0.845. The summed E-state index contributed by atoms with van der Waals surface area (Å²) in [5, 5.41) is 14.3. The lowest BCUT2D eigenvalue weighted by molar-refractivity contribution is 0.669. The number of furan rings is 1. The van der Waals surface area contributed by atoms with Crippen molar-refractivity contribution < 1.29 is 4.42 Å². The summed E-state index contributed by atoms with van der Waals surface area (Å²) in [6.07, 6.45) is 0. The highest BCUT2D eigenvalue weighted by molar-refractivity contribution is 7.25. The van der Waals surface area contributed by atoms with Gasteiger partial charge >= 0.3 is 0 Å². The summed E-state index contributed by atoms with van der Waals surface area (Å²) < 4.78 is 18.5. The van der Waals surface area contributed by atoms with Crippen molar-refractivity contribution in [3.8, 4) is 56.7 Å². The van der Waals surface area contributed by atoms with Crippen molar-refractivity contribution >= 4 is 141 Å². The summed E-state index contributed by atoms with van der Waals surface area (Å²) in [7, 11) is 0. The zero-order chi connectivity index (χ0) is 58.7. The lowest BCUT2D eigenvalue weighted by Crippen LogP contribution is -1.98. The fraction of sp³-hybridized carbons (Fsp3) is 0. The van der Waals surface area contributed by atoms with Crippen LogP contribution < -0.4 is 0 Å². The van der Waals surface area contributed by atoms with Crippen LogP contribution in [0.2, 0.25) is 0 Å². The van der Waals surface area contributed by atoms with Crippen molar-refractivity contribution in [3.05, 3.63) is 291 Å². The van der Waals surface area contributed by atoms with E-state index in [-0.39, 0.29) is 0 Å². The molecule has 0 amide bonds. The van der Waals surface area contributed by atoms with Crippen molar-refractivity contribution in [2.45, 2.75) is 0 Å². The molecule has 12 aromatic carbocycles. The molecular formula is C82H48N6OS. The van der Waals surface area contributed by atoms with Crippen LogP contribution in [0.3, 0.4) is 0 Å². The Labute approximate surface area is 518 Å². The predicted octanol–water partition coefficient (Wildman–Crippen LogP) is 22.1. The van der Waals surface area contributed by atoms with E-state index in [0.29, 0.717) is 0 Å². The van der Waals surface area contributed by atoms with Crippen LogP contribution in [-0.4, -0.2) is 28.2 Å². The molecule has 0 fully saturated rings. The van der Waals surface area contributed by atoms with Gasteiger partial charge in [-0.3, -0.25) is 9.13 Å². The number of pyridine rings is 2. The molecule has 8 aromatic heterocycles. The summed E-state index contributed by atoms with van der Waals surface area (Å²) in [5.74, 6) is 1.76. The van der Waals surface area contributed by atoms with E-state index in [1.54, 1.807) is 0 Å². The Morgan fingerprint density at radius 3 is 1.24 bits per heavy atom. The van der Waals surface area contributed by atoms with Crippen molar-refractivity contribution in [2.75, 3.05) is 0 Å². The van der Waals surface area contributed by atoms with Gasteiger partial charge in [-0.25, -0.2) is 9.97 Å². The van der Waals surface area contributed by atoms with Gasteiger partial charge in [-0.2, -0.15) is 0 Å². The number of hydrogen-bond donors (Lipinski definition) is 0. The molecule has 0 unspecified atom stereocenters. The van der Waals surface area contributed by atoms with E-state index in [1.807, 2.05) is 11.3 Å². The van der Waals surface area contributed by atoms with Crippen LogP contribution in [0.5, 0.6) is 0 Å². The summed E-state index contributed by atoms with van der Waals surface area (Å²) >= 11 is 1.84. The van der Waals surface area contributed by atoms with Gasteiger partial charge in [-0.05, 0) is 157 Å². The summed E-state index contributed by atoms with van der Waals surface area (Å²) in [5.41, 5.74) is 19.4. The van der Waals surface area contributed by atoms with Gasteiger partial charge in [0.2, 0.25) is 0 Å². The van der Waals surface area contributed by atoms with Gasteiger partial charge in [0.25, 0.3) is 0 Å². The molecule has 0 aliphatic heterocycles. The highest BCUT2D eigenvalue weighted by atomic mass is 32.1. The second kappa shape index (κ2) is 18.8. The van der Waals surface area contributed by atoms with Crippen LogP contribution in [0.15, 0.2) is 296 Å². The molecular weight excluding hydrogens is 1120 g/mol. The average Bonchev–Trinajstić information content (AvgIpc) is 1.78. The number of nitrogens with zero attached hydrogens (tertiary/aromatic N) is 6. The molecule has 0 spiro atoms. The minimum Gasteiger partial charge on any atom is -0.456 e. The summed E-state index contributed by atoms with van der Waals surface area (Å²) in [4.78, 5) is 10.9. The first kappa shape index (κ1) is 49.3. The van der Waals surface area contributed by atoms with E-state index in [1.165, 1.54) is 85.4 Å². The molecule has 0 aliphatic rings. The van der Waals surface area contributed by atoms with Crippen LogP contribution in [-0.2, 0) is 0 Å². The van der Waals surface area contributed by atoms with Gasteiger partial charge in [-0.15, -0.1) is 11.3 Å². The molecule has 0 saturated carbocycles. The first-order valence-corrected chi connectivity index (χ1v) is 31.3. The van der Waals surface area contributed by atoms with E-state index in [2.05, 4.69) is 309 Å². The number of aromatic nitrogens is 6. The Morgan fingerprint density at radius 1 is 0.256 bits per heavy atom. The Balaban J connectivity index is 0.674. The van der Waals surface area contributed by atoms with Crippen LogP contribution in [0, 0.1) is 0 Å². The Morgan fingerprint density at radius 2 is 0.644 bits per heavy atom. The van der Waals surface area contributed by atoms with Crippen molar-refractivity contribution in [2.24, 2.45) is 0 Å². The number of hydrogen-bond acceptors (Lipinski definition) is 4. The number of fused-ring (bicyclic) bond motifs is 18. The maximum atomic E-state index is 6.51. The Kier molecular flexibility index (Phi) is 10.3. The average molecular weight is 1170 g/mol. The predicted molar refractivity (Wildman–Crippen MR) is 376 cm³/mol. The molecule has 8 heterocycles. The number of rotatable bonds is 7. The standard InChI is InChI=1S/C82H48N6OS/c1-7-25-68-55(16-1)56-17-2-8-26-69(56)85(68)52-37-41-77-63(47-52)62-45-50(35-40-76(62)89-77)66-23-15-33-81(84-66)88-73-30-12-6-21-60(73)82-54(22-13-31-75(82)88)49-34-39-74-61(44-49)59-20-5-9-27-70(59)86(74)53-38-43-79-65(48-53)64-46-51(36-42-78(64)90-79)67-24-14-32-80(83-67)87-71-28-10-3-18-57(71)58-19-4-11-29-72(58)87/h1-48H. The first-order chi connectivity index (χ1) is 44.6. The third-order valence-electron chi connectivity index (χ3n) is 18.8. The highest BCUT2D eigenvalue weighted by Crippen LogP contribution is 2.45. The van der Waals surface area contributed by atoms with Gasteiger partial charge in [0, 0.05) is 96.5 Å². The lowest BCUT2D eigenvalue weighted by Gasteiger charge is -2.11. The molecule has 90 heavy (non-hydrogen) atoms. The van der Waals surface area contributed by atoms with E-state index >= 15 is 0 Å². The summed E-state index contributed by atoms with van der Waals surface area (Å²) in [6, 6.07) is 105. The van der Waals surface area contributed by atoms with Crippen molar-refractivity contribution in [1.29, 1.82) is 0 Å². The largest absolute Gasteiger partial charge is 0.456 e. The van der Waals surface area contributed by atoms with E-state index in [0.717, 1.165) is 101 Å². The quantitative estimate of drug-likeness (QED) is 0.160. The molecule has 7 nitrogen and oxygen atoms in total. The smallest absolute Gasteiger partial charge is 0.138 e. The topological polar surface area (TPSA) is 58.6 Å². The van der Waals surface area contributed by atoms with E-state index in [4.69, 9.17) is 14.4 Å². The molecule has 0 atom stereocenters.